The molecule has 1 N–H and O–H groups in total. The van der Waals surface area contributed by atoms with Crippen LogP contribution in [0.15, 0.2) is 12.2 Å². The highest BCUT2D eigenvalue weighted by Crippen LogP contribution is 2.12. The first-order valence-corrected chi connectivity index (χ1v) is 7.10. The van der Waals surface area contributed by atoms with Gasteiger partial charge in [0, 0.05) is 13.5 Å². The van der Waals surface area contributed by atoms with Gasteiger partial charge in [0.25, 0.3) is 0 Å². The van der Waals surface area contributed by atoms with Gasteiger partial charge >= 0.3 is 5.97 Å². The summed E-state index contributed by atoms with van der Waals surface area (Å²) in [4.78, 5) is 10.3. The molecule has 0 bridgehead atoms. The fourth-order valence-corrected chi connectivity index (χ4v) is 1.88. The number of carboxylic acid groups (broad SMARTS) is 1. The van der Waals surface area contributed by atoms with Crippen molar-refractivity contribution in [2.75, 3.05) is 7.11 Å². The average Bonchev–Trinajstić information content (AvgIpc) is 2.35. The Morgan fingerprint density at radius 2 is 1.94 bits per heavy atom. The van der Waals surface area contributed by atoms with Gasteiger partial charge in [0.1, 0.15) is 0 Å². The van der Waals surface area contributed by atoms with Crippen LogP contribution in [-0.4, -0.2) is 24.3 Å². The molecule has 0 fully saturated rings. The zero-order valence-electron chi connectivity index (χ0n) is 11.9. The van der Waals surface area contributed by atoms with Gasteiger partial charge in [0.2, 0.25) is 0 Å². The van der Waals surface area contributed by atoms with Gasteiger partial charge in [-0.1, -0.05) is 51.2 Å². The van der Waals surface area contributed by atoms with Crippen molar-refractivity contribution in [1.29, 1.82) is 0 Å². The second kappa shape index (κ2) is 12.6. The number of methoxy groups -OCH3 is 1. The summed E-state index contributed by atoms with van der Waals surface area (Å²) in [6, 6.07) is 0. The van der Waals surface area contributed by atoms with Gasteiger partial charge in [-0.3, -0.25) is 4.79 Å². The second-order valence-electron chi connectivity index (χ2n) is 4.70. The lowest BCUT2D eigenvalue weighted by molar-refractivity contribution is -0.136. The number of hydrogen-bond acceptors (Lipinski definition) is 2. The predicted molar refractivity (Wildman–Crippen MR) is 74.8 cm³/mol. The Morgan fingerprint density at radius 3 is 2.56 bits per heavy atom. The van der Waals surface area contributed by atoms with Gasteiger partial charge in [-0.05, 0) is 19.3 Å². The van der Waals surface area contributed by atoms with Gasteiger partial charge in [-0.15, -0.1) is 0 Å². The molecule has 0 heterocycles. The molecule has 0 radical (unpaired) electrons. The van der Waals surface area contributed by atoms with E-state index in [0.717, 1.165) is 12.8 Å². The Hall–Kier alpha value is -0.830. The molecule has 0 saturated heterocycles. The minimum Gasteiger partial charge on any atom is -0.481 e. The Labute approximate surface area is 111 Å². The molecule has 0 aromatic rings. The van der Waals surface area contributed by atoms with Crippen LogP contribution in [0.4, 0.5) is 0 Å². The van der Waals surface area contributed by atoms with Crippen molar-refractivity contribution in [3.8, 4) is 0 Å². The molecule has 0 saturated carbocycles. The fourth-order valence-electron chi connectivity index (χ4n) is 1.88. The third-order valence-corrected chi connectivity index (χ3v) is 3.05. The van der Waals surface area contributed by atoms with Crippen molar-refractivity contribution in [2.24, 2.45) is 0 Å². The summed E-state index contributed by atoms with van der Waals surface area (Å²) in [7, 11) is 1.75. The molecule has 0 aliphatic rings. The molecule has 0 amide bonds. The monoisotopic (exact) mass is 256 g/mol. The van der Waals surface area contributed by atoms with Crippen molar-refractivity contribution in [1.82, 2.24) is 0 Å². The van der Waals surface area contributed by atoms with Crippen LogP contribution in [0.3, 0.4) is 0 Å². The molecule has 0 aromatic heterocycles. The third kappa shape index (κ3) is 11.6. The highest BCUT2D eigenvalue weighted by molar-refractivity contribution is 5.66. The summed E-state index contributed by atoms with van der Waals surface area (Å²) in [6.45, 7) is 2.22. The molecule has 106 valence electrons. The third-order valence-electron chi connectivity index (χ3n) is 3.05. The van der Waals surface area contributed by atoms with E-state index in [0.29, 0.717) is 6.42 Å². The maximum atomic E-state index is 10.3. The van der Waals surface area contributed by atoms with Crippen LogP contribution >= 0.6 is 0 Å². The number of carbonyl (C=O) groups is 1. The minimum atomic E-state index is -0.737. The summed E-state index contributed by atoms with van der Waals surface area (Å²) < 4.78 is 5.42. The van der Waals surface area contributed by atoms with E-state index < -0.39 is 5.97 Å². The number of rotatable bonds is 12. The topological polar surface area (TPSA) is 46.5 Å². The van der Waals surface area contributed by atoms with Crippen LogP contribution in [0.2, 0.25) is 0 Å². The highest BCUT2D eigenvalue weighted by Gasteiger charge is 2.04. The SMILES string of the molecule is CCCCCCCC(C/C=C/CCC(=O)O)OC. The average molecular weight is 256 g/mol. The molecule has 1 unspecified atom stereocenters. The summed E-state index contributed by atoms with van der Waals surface area (Å²) in [5.41, 5.74) is 0. The van der Waals surface area contributed by atoms with E-state index in [1.807, 2.05) is 12.2 Å². The van der Waals surface area contributed by atoms with E-state index in [9.17, 15) is 4.79 Å². The molecule has 3 nitrogen and oxygen atoms in total. The van der Waals surface area contributed by atoms with Gasteiger partial charge in [-0.2, -0.15) is 0 Å². The van der Waals surface area contributed by atoms with Crippen LogP contribution in [0.25, 0.3) is 0 Å². The van der Waals surface area contributed by atoms with Crippen molar-refractivity contribution < 1.29 is 14.6 Å². The second-order valence-corrected chi connectivity index (χ2v) is 4.70. The number of hydrogen-bond donors (Lipinski definition) is 1. The van der Waals surface area contributed by atoms with Crippen LogP contribution < -0.4 is 0 Å². The van der Waals surface area contributed by atoms with Gasteiger partial charge in [0.05, 0.1) is 6.10 Å². The van der Waals surface area contributed by atoms with Crippen LogP contribution in [0.5, 0.6) is 0 Å². The molecule has 0 spiro atoms. The molecular formula is C15H28O3. The standard InChI is InChI=1S/C15H28O3/c1-3-4-5-6-8-11-14(18-2)12-9-7-10-13-15(16)17/h7,9,14H,3-6,8,10-13H2,1-2H3,(H,16,17)/b9-7+. The molecule has 0 aromatic carbocycles. The lowest BCUT2D eigenvalue weighted by atomic mass is 10.1. The lowest BCUT2D eigenvalue weighted by Crippen LogP contribution is -2.08. The summed E-state index contributed by atoms with van der Waals surface area (Å²) in [5, 5.41) is 8.50. The largest absolute Gasteiger partial charge is 0.481 e. The van der Waals surface area contributed by atoms with Crippen molar-refractivity contribution in [2.45, 2.75) is 70.8 Å². The van der Waals surface area contributed by atoms with E-state index in [4.69, 9.17) is 9.84 Å². The van der Waals surface area contributed by atoms with Gasteiger partial charge < -0.3 is 9.84 Å². The Morgan fingerprint density at radius 1 is 1.22 bits per heavy atom. The smallest absolute Gasteiger partial charge is 0.303 e. The van der Waals surface area contributed by atoms with E-state index in [-0.39, 0.29) is 12.5 Å². The Bertz CT molecular complexity index is 224. The van der Waals surface area contributed by atoms with Crippen molar-refractivity contribution in [3.63, 3.8) is 0 Å². The van der Waals surface area contributed by atoms with E-state index in [2.05, 4.69) is 6.92 Å². The normalized spacial score (nSPS) is 13.0. The van der Waals surface area contributed by atoms with Crippen molar-refractivity contribution >= 4 is 5.97 Å². The van der Waals surface area contributed by atoms with Crippen LogP contribution in [-0.2, 0) is 9.53 Å². The molecule has 3 heteroatoms. The van der Waals surface area contributed by atoms with Crippen LogP contribution in [0, 0.1) is 0 Å². The number of allylic oxidation sites excluding steroid dienone is 1. The zero-order valence-corrected chi connectivity index (χ0v) is 11.9. The maximum Gasteiger partial charge on any atom is 0.303 e. The fraction of sp³-hybridized carbons (Fsp3) is 0.800. The molecule has 0 rings (SSSR count). The quantitative estimate of drug-likeness (QED) is 0.421. The first-order valence-electron chi connectivity index (χ1n) is 7.10. The molecule has 1 atom stereocenters. The van der Waals surface area contributed by atoms with Crippen LogP contribution in [0.1, 0.15) is 64.7 Å². The molecule has 0 aliphatic heterocycles. The lowest BCUT2D eigenvalue weighted by Gasteiger charge is -2.12. The molecule has 0 aliphatic carbocycles. The number of unbranched alkanes of at least 4 members (excludes halogenated alkanes) is 4. The van der Waals surface area contributed by atoms with E-state index in [1.165, 1.54) is 32.1 Å². The number of aliphatic carboxylic acids is 1. The summed E-state index contributed by atoms with van der Waals surface area (Å²) in [5.74, 6) is -0.737. The number of ether oxygens (including phenoxy) is 1. The summed E-state index contributed by atoms with van der Waals surface area (Å²) in [6.07, 6.45) is 13.5. The highest BCUT2D eigenvalue weighted by atomic mass is 16.5. The predicted octanol–water partition coefficient (Wildman–Crippen LogP) is 4.17. The zero-order chi connectivity index (χ0) is 13.6. The van der Waals surface area contributed by atoms with E-state index in [1.54, 1.807) is 7.11 Å². The Balaban J connectivity index is 3.54. The first-order chi connectivity index (χ1) is 8.70. The summed E-state index contributed by atoms with van der Waals surface area (Å²) >= 11 is 0. The van der Waals surface area contributed by atoms with Crippen molar-refractivity contribution in [3.05, 3.63) is 12.2 Å². The Kier molecular flexibility index (Phi) is 12.0. The molecule has 18 heavy (non-hydrogen) atoms. The van der Waals surface area contributed by atoms with Gasteiger partial charge in [-0.25, -0.2) is 0 Å². The minimum absolute atomic E-state index is 0.213. The van der Waals surface area contributed by atoms with Gasteiger partial charge in [0.15, 0.2) is 0 Å². The maximum absolute atomic E-state index is 10.3. The number of carboxylic acids is 1. The first kappa shape index (κ1) is 17.2. The molecular weight excluding hydrogens is 228 g/mol. The van der Waals surface area contributed by atoms with E-state index >= 15 is 0 Å².